The number of nitrogens with zero attached hydrogens (tertiary/aromatic N) is 3. The topological polar surface area (TPSA) is 75.6 Å². The molecule has 0 bridgehead atoms. The van der Waals surface area contributed by atoms with Gasteiger partial charge in [-0.05, 0) is 6.07 Å². The summed E-state index contributed by atoms with van der Waals surface area (Å²) in [4.78, 5) is 13.1. The molecule has 1 atom stereocenters. The Bertz CT molecular complexity index is 379. The fourth-order valence-corrected chi connectivity index (χ4v) is 1.69. The van der Waals surface area contributed by atoms with E-state index in [-0.39, 0.29) is 18.4 Å². The SMILES string of the molecule is COc1ccc(N2CC(CO)CC2=O)nn1. The number of hydrogen-bond acceptors (Lipinski definition) is 5. The van der Waals surface area contributed by atoms with Crippen LogP contribution >= 0.6 is 0 Å². The Morgan fingerprint density at radius 1 is 1.56 bits per heavy atom. The summed E-state index contributed by atoms with van der Waals surface area (Å²) in [5.74, 6) is 0.880. The summed E-state index contributed by atoms with van der Waals surface area (Å²) >= 11 is 0. The van der Waals surface area contributed by atoms with E-state index < -0.39 is 0 Å². The lowest BCUT2D eigenvalue weighted by molar-refractivity contribution is -0.117. The number of carbonyl (C=O) groups excluding carboxylic acids is 1. The van der Waals surface area contributed by atoms with E-state index in [0.29, 0.717) is 24.7 Å². The zero-order valence-electron chi connectivity index (χ0n) is 8.96. The van der Waals surface area contributed by atoms with Crippen molar-refractivity contribution in [2.45, 2.75) is 6.42 Å². The molecule has 2 rings (SSSR count). The molecule has 1 saturated heterocycles. The van der Waals surface area contributed by atoms with Crippen molar-refractivity contribution >= 4 is 11.7 Å². The van der Waals surface area contributed by atoms with Crippen LogP contribution in [0.3, 0.4) is 0 Å². The van der Waals surface area contributed by atoms with Gasteiger partial charge in [-0.1, -0.05) is 0 Å². The van der Waals surface area contributed by atoms with Crippen molar-refractivity contribution in [1.29, 1.82) is 0 Å². The lowest BCUT2D eigenvalue weighted by atomic mass is 10.1. The number of carbonyl (C=O) groups is 1. The van der Waals surface area contributed by atoms with E-state index in [1.165, 1.54) is 12.0 Å². The summed E-state index contributed by atoms with van der Waals surface area (Å²) in [5, 5.41) is 16.7. The van der Waals surface area contributed by atoms with E-state index in [1.807, 2.05) is 0 Å². The van der Waals surface area contributed by atoms with Crippen LogP contribution in [0, 0.1) is 5.92 Å². The molecule has 1 aromatic heterocycles. The Hall–Kier alpha value is -1.69. The first-order valence-electron chi connectivity index (χ1n) is 5.03. The van der Waals surface area contributed by atoms with Crippen LogP contribution in [0.1, 0.15) is 6.42 Å². The highest BCUT2D eigenvalue weighted by atomic mass is 16.5. The number of aliphatic hydroxyl groups is 1. The van der Waals surface area contributed by atoms with Crippen LogP contribution in [0.25, 0.3) is 0 Å². The molecule has 1 fully saturated rings. The molecule has 0 radical (unpaired) electrons. The molecule has 1 aliphatic rings. The molecule has 1 aromatic rings. The highest BCUT2D eigenvalue weighted by Crippen LogP contribution is 2.23. The molecular weight excluding hydrogens is 210 g/mol. The van der Waals surface area contributed by atoms with E-state index in [4.69, 9.17) is 9.84 Å². The van der Waals surface area contributed by atoms with Gasteiger partial charge < -0.3 is 9.84 Å². The monoisotopic (exact) mass is 223 g/mol. The van der Waals surface area contributed by atoms with Crippen molar-refractivity contribution in [3.63, 3.8) is 0 Å². The highest BCUT2D eigenvalue weighted by Gasteiger charge is 2.30. The van der Waals surface area contributed by atoms with Crippen LogP contribution in [0.4, 0.5) is 5.82 Å². The molecule has 1 aliphatic heterocycles. The maximum absolute atomic E-state index is 11.6. The quantitative estimate of drug-likeness (QED) is 0.770. The Balaban J connectivity index is 2.15. The third kappa shape index (κ3) is 1.96. The normalized spacial score (nSPS) is 20.2. The summed E-state index contributed by atoms with van der Waals surface area (Å²) in [6, 6.07) is 3.34. The second-order valence-corrected chi connectivity index (χ2v) is 3.69. The first-order chi connectivity index (χ1) is 7.74. The molecule has 86 valence electrons. The Kier molecular flexibility index (Phi) is 3.00. The zero-order valence-corrected chi connectivity index (χ0v) is 8.96. The van der Waals surface area contributed by atoms with Gasteiger partial charge in [0.15, 0.2) is 5.82 Å². The summed E-state index contributed by atoms with van der Waals surface area (Å²) < 4.78 is 4.88. The number of hydrogen-bond donors (Lipinski definition) is 1. The number of rotatable bonds is 3. The Morgan fingerprint density at radius 3 is 2.88 bits per heavy atom. The lowest BCUT2D eigenvalue weighted by Crippen LogP contribution is -2.26. The maximum atomic E-state index is 11.6. The molecule has 2 heterocycles. The molecular formula is C10H13N3O3. The van der Waals surface area contributed by atoms with Gasteiger partial charge in [0.05, 0.1) is 7.11 Å². The van der Waals surface area contributed by atoms with Gasteiger partial charge in [0.25, 0.3) is 0 Å². The average molecular weight is 223 g/mol. The van der Waals surface area contributed by atoms with Gasteiger partial charge in [0.1, 0.15) is 0 Å². The van der Waals surface area contributed by atoms with Crippen molar-refractivity contribution in [1.82, 2.24) is 10.2 Å². The van der Waals surface area contributed by atoms with Crippen molar-refractivity contribution in [3.05, 3.63) is 12.1 Å². The van der Waals surface area contributed by atoms with Crippen LogP contribution in [-0.2, 0) is 4.79 Å². The van der Waals surface area contributed by atoms with Crippen molar-refractivity contribution in [2.24, 2.45) is 5.92 Å². The predicted octanol–water partition coefficient (Wildman–Crippen LogP) is -0.170. The molecule has 0 aliphatic carbocycles. The van der Waals surface area contributed by atoms with Crippen molar-refractivity contribution in [2.75, 3.05) is 25.2 Å². The summed E-state index contributed by atoms with van der Waals surface area (Å²) in [7, 11) is 1.51. The molecule has 0 spiro atoms. The fourth-order valence-electron chi connectivity index (χ4n) is 1.69. The number of aromatic nitrogens is 2. The van der Waals surface area contributed by atoms with Gasteiger partial charge in [-0.3, -0.25) is 9.69 Å². The van der Waals surface area contributed by atoms with Gasteiger partial charge in [-0.2, -0.15) is 0 Å². The van der Waals surface area contributed by atoms with E-state index in [1.54, 1.807) is 12.1 Å². The van der Waals surface area contributed by atoms with Gasteiger partial charge in [-0.25, -0.2) is 0 Å². The molecule has 6 heteroatoms. The second kappa shape index (κ2) is 4.44. The van der Waals surface area contributed by atoms with Crippen LogP contribution < -0.4 is 9.64 Å². The largest absolute Gasteiger partial charge is 0.480 e. The van der Waals surface area contributed by atoms with E-state index >= 15 is 0 Å². The van der Waals surface area contributed by atoms with Crippen LogP contribution in [0.2, 0.25) is 0 Å². The number of amides is 1. The molecule has 1 unspecified atom stereocenters. The predicted molar refractivity (Wildman–Crippen MR) is 56.1 cm³/mol. The zero-order chi connectivity index (χ0) is 11.5. The number of methoxy groups -OCH3 is 1. The average Bonchev–Trinajstić information content (AvgIpc) is 2.71. The number of aliphatic hydroxyl groups excluding tert-OH is 1. The smallest absolute Gasteiger partial charge is 0.233 e. The lowest BCUT2D eigenvalue weighted by Gasteiger charge is -2.14. The highest BCUT2D eigenvalue weighted by molar-refractivity contribution is 5.94. The maximum Gasteiger partial charge on any atom is 0.233 e. The summed E-state index contributed by atoms with van der Waals surface area (Å²) in [5.41, 5.74) is 0. The molecule has 0 aromatic carbocycles. The Labute approximate surface area is 92.9 Å². The van der Waals surface area contributed by atoms with E-state index in [0.717, 1.165) is 0 Å². The molecule has 1 N–H and O–H groups in total. The van der Waals surface area contributed by atoms with Gasteiger partial charge in [0.2, 0.25) is 11.8 Å². The number of anilines is 1. The molecule has 1 amide bonds. The minimum absolute atomic E-state index is 0.00333. The first kappa shape index (κ1) is 10.8. The van der Waals surface area contributed by atoms with Gasteiger partial charge in [-0.15, -0.1) is 10.2 Å². The van der Waals surface area contributed by atoms with Crippen LogP contribution in [-0.4, -0.2) is 41.5 Å². The van der Waals surface area contributed by atoms with Crippen molar-refractivity contribution < 1.29 is 14.6 Å². The third-order valence-corrected chi connectivity index (χ3v) is 2.58. The van der Waals surface area contributed by atoms with Crippen molar-refractivity contribution in [3.8, 4) is 5.88 Å². The first-order valence-corrected chi connectivity index (χ1v) is 5.03. The van der Waals surface area contributed by atoms with Gasteiger partial charge >= 0.3 is 0 Å². The standard InChI is InChI=1S/C10H13N3O3/c1-16-9-3-2-8(11-12-9)13-5-7(6-14)4-10(13)15/h2-3,7,14H,4-6H2,1H3. The van der Waals surface area contributed by atoms with Gasteiger partial charge in [0, 0.05) is 31.6 Å². The van der Waals surface area contributed by atoms with E-state index in [2.05, 4.69) is 10.2 Å². The second-order valence-electron chi connectivity index (χ2n) is 3.69. The minimum Gasteiger partial charge on any atom is -0.480 e. The fraction of sp³-hybridized carbons (Fsp3) is 0.500. The molecule has 0 saturated carbocycles. The minimum atomic E-state index is -0.0292. The van der Waals surface area contributed by atoms with Crippen LogP contribution in [0.5, 0.6) is 5.88 Å². The molecule has 16 heavy (non-hydrogen) atoms. The third-order valence-electron chi connectivity index (χ3n) is 2.58. The number of ether oxygens (including phenoxy) is 1. The molecule has 6 nitrogen and oxygen atoms in total. The summed E-state index contributed by atoms with van der Waals surface area (Å²) in [6.45, 7) is 0.516. The Morgan fingerprint density at radius 2 is 2.38 bits per heavy atom. The van der Waals surface area contributed by atoms with Crippen LogP contribution in [0.15, 0.2) is 12.1 Å². The van der Waals surface area contributed by atoms with E-state index in [9.17, 15) is 4.79 Å². The summed E-state index contributed by atoms with van der Waals surface area (Å²) in [6.07, 6.45) is 0.365.